The molecular weight excluding hydrogens is 179 g/mol. The third-order valence-electron chi connectivity index (χ3n) is 2.05. The molecular formula is C11H19FSi. The monoisotopic (exact) mass is 198 g/mol. The predicted molar refractivity (Wildman–Crippen MR) is 61.1 cm³/mol. The number of allylic oxidation sites excluding steroid dienone is 4. The fourth-order valence-electron chi connectivity index (χ4n) is 1.30. The van der Waals surface area contributed by atoms with Crippen LogP contribution in [0.25, 0.3) is 0 Å². The second-order valence-electron chi connectivity index (χ2n) is 4.13. The van der Waals surface area contributed by atoms with Crippen LogP contribution in [-0.2, 0) is 0 Å². The molecule has 0 atom stereocenters. The minimum absolute atomic E-state index is 0.142. The number of hydrogen-bond donors (Lipinski definition) is 0. The molecule has 0 heterocycles. The highest BCUT2D eigenvalue weighted by Crippen LogP contribution is 2.26. The summed E-state index contributed by atoms with van der Waals surface area (Å²) in [6.45, 7) is 15.6. The van der Waals surface area contributed by atoms with Crippen molar-refractivity contribution in [3.63, 3.8) is 0 Å². The van der Waals surface area contributed by atoms with Gasteiger partial charge in [-0.05, 0) is 11.6 Å². The molecule has 0 saturated carbocycles. The van der Waals surface area contributed by atoms with Gasteiger partial charge in [0.2, 0.25) is 0 Å². The lowest BCUT2D eigenvalue weighted by molar-refractivity contribution is 0.646. The molecule has 0 rings (SSSR count). The second kappa shape index (κ2) is 4.56. The van der Waals surface area contributed by atoms with Gasteiger partial charge in [-0.2, -0.15) is 0 Å². The molecule has 0 unspecified atom stereocenters. The van der Waals surface area contributed by atoms with Crippen molar-refractivity contribution in [1.82, 2.24) is 0 Å². The highest BCUT2D eigenvalue weighted by atomic mass is 28.3. The van der Waals surface area contributed by atoms with Crippen molar-refractivity contribution in [2.45, 2.75) is 33.0 Å². The Kier molecular flexibility index (Phi) is 4.34. The first-order chi connectivity index (χ1) is 5.84. The quantitative estimate of drug-likeness (QED) is 0.468. The predicted octanol–water partition coefficient (Wildman–Crippen LogP) is 4.24. The Morgan fingerprint density at radius 1 is 1.38 bits per heavy atom. The Morgan fingerprint density at radius 3 is 2.08 bits per heavy atom. The third-order valence-corrected chi connectivity index (χ3v) is 4.44. The zero-order valence-electron chi connectivity index (χ0n) is 9.08. The molecule has 0 aliphatic carbocycles. The SMILES string of the molecule is C=CC(=C)/C(F)=C(\CC)[Si](C)(C)C. The summed E-state index contributed by atoms with van der Waals surface area (Å²) in [5, 5.41) is 0.942. The van der Waals surface area contributed by atoms with Crippen LogP contribution in [0, 0.1) is 0 Å². The van der Waals surface area contributed by atoms with Crippen molar-refractivity contribution >= 4 is 8.07 Å². The highest BCUT2D eigenvalue weighted by Gasteiger charge is 2.22. The van der Waals surface area contributed by atoms with Crippen molar-refractivity contribution in [2.75, 3.05) is 0 Å². The van der Waals surface area contributed by atoms with E-state index in [-0.39, 0.29) is 5.83 Å². The molecule has 0 aromatic rings. The van der Waals surface area contributed by atoms with Gasteiger partial charge in [0.1, 0.15) is 5.83 Å². The van der Waals surface area contributed by atoms with E-state index in [1.165, 1.54) is 6.08 Å². The Morgan fingerprint density at radius 2 is 1.85 bits per heavy atom. The topological polar surface area (TPSA) is 0 Å². The maximum Gasteiger partial charge on any atom is 0.125 e. The van der Waals surface area contributed by atoms with Crippen molar-refractivity contribution in [3.05, 3.63) is 35.8 Å². The lowest BCUT2D eigenvalue weighted by Crippen LogP contribution is -2.24. The van der Waals surface area contributed by atoms with E-state index in [9.17, 15) is 4.39 Å². The molecule has 0 bridgehead atoms. The van der Waals surface area contributed by atoms with Crippen LogP contribution in [0.4, 0.5) is 4.39 Å². The van der Waals surface area contributed by atoms with Crippen LogP contribution in [0.15, 0.2) is 35.8 Å². The average Bonchev–Trinajstić information content (AvgIpc) is 2.01. The molecule has 0 aromatic heterocycles. The Bertz CT molecular complexity index is 243. The maximum absolute atomic E-state index is 13.7. The molecule has 74 valence electrons. The summed E-state index contributed by atoms with van der Waals surface area (Å²) in [5.74, 6) is -0.142. The fraction of sp³-hybridized carbons (Fsp3) is 0.455. The summed E-state index contributed by atoms with van der Waals surface area (Å²) < 4.78 is 13.7. The lowest BCUT2D eigenvalue weighted by atomic mass is 10.2. The van der Waals surface area contributed by atoms with E-state index in [4.69, 9.17) is 0 Å². The Hall–Kier alpha value is -0.633. The molecule has 0 radical (unpaired) electrons. The van der Waals surface area contributed by atoms with Crippen molar-refractivity contribution in [1.29, 1.82) is 0 Å². The first-order valence-corrected chi connectivity index (χ1v) is 8.05. The normalized spacial score (nSPS) is 13.6. The molecule has 0 N–H and O–H groups in total. The molecule has 0 spiro atoms. The highest BCUT2D eigenvalue weighted by molar-refractivity contribution is 6.83. The molecule has 0 aliphatic heterocycles. The van der Waals surface area contributed by atoms with Crippen LogP contribution in [0.3, 0.4) is 0 Å². The smallest absolute Gasteiger partial charge is 0.125 e. The van der Waals surface area contributed by atoms with E-state index >= 15 is 0 Å². The zero-order chi connectivity index (χ0) is 10.6. The number of rotatable bonds is 4. The molecule has 0 aromatic carbocycles. The summed E-state index contributed by atoms with van der Waals surface area (Å²) in [7, 11) is -1.53. The summed E-state index contributed by atoms with van der Waals surface area (Å²) in [6.07, 6.45) is 2.25. The third kappa shape index (κ3) is 3.31. The van der Waals surface area contributed by atoms with Gasteiger partial charge in [0, 0.05) is 5.57 Å². The summed E-state index contributed by atoms with van der Waals surface area (Å²) >= 11 is 0. The van der Waals surface area contributed by atoms with Crippen LogP contribution in [0.5, 0.6) is 0 Å². The summed E-state index contributed by atoms with van der Waals surface area (Å²) in [6, 6.07) is 0. The number of halogens is 1. The summed E-state index contributed by atoms with van der Waals surface area (Å²) in [5.41, 5.74) is 0.416. The van der Waals surface area contributed by atoms with E-state index < -0.39 is 8.07 Å². The van der Waals surface area contributed by atoms with E-state index in [1.807, 2.05) is 6.92 Å². The Labute approximate surface area is 81.9 Å². The van der Waals surface area contributed by atoms with Gasteiger partial charge in [0.25, 0.3) is 0 Å². The van der Waals surface area contributed by atoms with Crippen molar-refractivity contribution < 1.29 is 4.39 Å². The van der Waals surface area contributed by atoms with Gasteiger partial charge in [-0.3, -0.25) is 0 Å². The van der Waals surface area contributed by atoms with E-state index in [1.54, 1.807) is 0 Å². The first kappa shape index (κ1) is 12.4. The van der Waals surface area contributed by atoms with Crippen molar-refractivity contribution in [2.24, 2.45) is 0 Å². The summed E-state index contributed by atoms with van der Waals surface area (Å²) in [4.78, 5) is 0. The molecule has 0 aliphatic rings. The van der Waals surface area contributed by atoms with Crippen LogP contribution >= 0.6 is 0 Å². The van der Waals surface area contributed by atoms with Gasteiger partial charge in [-0.15, -0.1) is 0 Å². The van der Waals surface area contributed by atoms with E-state index in [0.29, 0.717) is 5.57 Å². The maximum atomic E-state index is 13.7. The van der Waals surface area contributed by atoms with E-state index in [0.717, 1.165) is 11.6 Å². The van der Waals surface area contributed by atoms with E-state index in [2.05, 4.69) is 32.8 Å². The number of hydrogen-bond acceptors (Lipinski definition) is 0. The van der Waals surface area contributed by atoms with Gasteiger partial charge >= 0.3 is 0 Å². The van der Waals surface area contributed by atoms with Gasteiger partial charge in [-0.1, -0.05) is 45.8 Å². The molecule has 0 fully saturated rings. The molecule has 2 heteroatoms. The Balaban J connectivity index is 5.13. The fourth-order valence-corrected chi connectivity index (χ4v) is 3.18. The van der Waals surface area contributed by atoms with Gasteiger partial charge in [0.05, 0.1) is 8.07 Å². The minimum Gasteiger partial charge on any atom is -0.207 e. The zero-order valence-corrected chi connectivity index (χ0v) is 10.1. The van der Waals surface area contributed by atoms with Crippen LogP contribution in [0.2, 0.25) is 19.6 Å². The van der Waals surface area contributed by atoms with Gasteiger partial charge < -0.3 is 0 Å². The molecule has 0 nitrogen and oxygen atoms in total. The first-order valence-electron chi connectivity index (χ1n) is 4.55. The minimum atomic E-state index is -1.53. The molecule has 0 saturated heterocycles. The van der Waals surface area contributed by atoms with Crippen LogP contribution in [0.1, 0.15) is 13.3 Å². The average molecular weight is 198 g/mol. The van der Waals surface area contributed by atoms with Crippen molar-refractivity contribution in [3.8, 4) is 0 Å². The standard InChI is InChI=1S/C11H19FSi/c1-7-9(3)11(12)10(8-2)13(4,5)6/h7H,1,3,8H2,2,4-6H3/b11-10-. The van der Waals surface area contributed by atoms with Crippen LogP contribution in [-0.4, -0.2) is 8.07 Å². The molecule has 0 amide bonds. The van der Waals surface area contributed by atoms with Gasteiger partial charge in [0.15, 0.2) is 0 Å². The lowest BCUT2D eigenvalue weighted by Gasteiger charge is -2.20. The molecule has 13 heavy (non-hydrogen) atoms. The second-order valence-corrected chi connectivity index (χ2v) is 9.23. The van der Waals surface area contributed by atoms with Gasteiger partial charge in [-0.25, -0.2) is 4.39 Å². The largest absolute Gasteiger partial charge is 0.207 e. The van der Waals surface area contributed by atoms with Crippen LogP contribution < -0.4 is 0 Å².